The molecule has 2 unspecified atom stereocenters. The first kappa shape index (κ1) is 31.9. The van der Waals surface area contributed by atoms with Crippen molar-refractivity contribution in [1.82, 2.24) is 26.3 Å². The minimum atomic E-state index is 0.560. The Kier molecular flexibility index (Phi) is 15.3. The number of aryl methyl sites for hydroxylation is 1. The number of nitrogens with zero attached hydrogens (tertiary/aromatic N) is 1. The fourth-order valence-corrected chi connectivity index (χ4v) is 7.44. The van der Waals surface area contributed by atoms with Crippen LogP contribution in [0, 0.1) is 0 Å². The number of aromatic nitrogens is 1. The molecule has 2 fully saturated rings. The van der Waals surface area contributed by atoms with Crippen LogP contribution in [0.5, 0.6) is 0 Å². The summed E-state index contributed by atoms with van der Waals surface area (Å²) in [5.74, 6) is 0. The largest absolute Gasteiger partial charge is 0.311 e. The molecule has 4 rings (SSSR count). The normalized spacial score (nSPS) is 26.3. The van der Waals surface area contributed by atoms with Gasteiger partial charge in [0.1, 0.15) is 0 Å². The van der Waals surface area contributed by atoms with Crippen molar-refractivity contribution in [3.05, 3.63) is 29.1 Å². The van der Waals surface area contributed by atoms with Crippen LogP contribution in [0.1, 0.15) is 152 Å². The van der Waals surface area contributed by atoms with Crippen LogP contribution in [0.25, 0.3) is 0 Å². The molecule has 0 radical (unpaired) electrons. The number of nitrogens with one attached hydrogen (secondary N) is 4. The van der Waals surface area contributed by atoms with E-state index in [1.165, 1.54) is 152 Å². The van der Waals surface area contributed by atoms with Gasteiger partial charge in [0.15, 0.2) is 0 Å². The Morgan fingerprint density at radius 3 is 1.40 bits per heavy atom. The summed E-state index contributed by atoms with van der Waals surface area (Å²) in [5.41, 5.74) is 3.98. The summed E-state index contributed by atoms with van der Waals surface area (Å²) >= 11 is 0. The van der Waals surface area contributed by atoms with Gasteiger partial charge in [0, 0.05) is 50.3 Å². The van der Waals surface area contributed by atoms with E-state index in [-0.39, 0.29) is 0 Å². The van der Waals surface area contributed by atoms with Gasteiger partial charge in [0.2, 0.25) is 0 Å². The molecule has 0 amide bonds. The van der Waals surface area contributed by atoms with E-state index in [0.717, 1.165) is 26.2 Å². The molecule has 2 saturated carbocycles. The van der Waals surface area contributed by atoms with Gasteiger partial charge in [0.25, 0.3) is 0 Å². The molecule has 4 atom stereocenters. The third-order valence-corrected chi connectivity index (χ3v) is 9.87. The average Bonchev–Trinajstić information content (AvgIpc) is 2.98. The monoisotopic (exact) mass is 554 g/mol. The van der Waals surface area contributed by atoms with Crippen molar-refractivity contribution in [3.63, 3.8) is 0 Å². The first-order chi connectivity index (χ1) is 19.8. The quantitative estimate of drug-likeness (QED) is 0.193. The molecule has 2 aliphatic carbocycles. The zero-order valence-corrected chi connectivity index (χ0v) is 26.1. The first-order valence-electron chi connectivity index (χ1n) is 17.7. The van der Waals surface area contributed by atoms with E-state index in [4.69, 9.17) is 4.98 Å². The fourth-order valence-electron chi connectivity index (χ4n) is 7.44. The zero-order chi connectivity index (χ0) is 27.7. The second-order valence-electron chi connectivity index (χ2n) is 13.3. The Hall–Kier alpha value is -1.01. The highest BCUT2D eigenvalue weighted by Crippen LogP contribution is 2.22. The van der Waals surface area contributed by atoms with Crippen LogP contribution < -0.4 is 21.3 Å². The van der Waals surface area contributed by atoms with Gasteiger partial charge < -0.3 is 21.3 Å². The maximum absolute atomic E-state index is 5.16. The lowest BCUT2D eigenvalue weighted by Gasteiger charge is -2.34. The van der Waals surface area contributed by atoms with Crippen molar-refractivity contribution in [2.24, 2.45) is 0 Å². The summed E-state index contributed by atoms with van der Waals surface area (Å²) < 4.78 is 0. The summed E-state index contributed by atoms with van der Waals surface area (Å²) in [7, 11) is 0. The Bertz CT molecular complexity index is 750. The lowest BCUT2D eigenvalue weighted by molar-refractivity contribution is 0.266. The maximum Gasteiger partial charge on any atom is 0.0548 e. The first-order valence-corrected chi connectivity index (χ1v) is 17.7. The predicted molar refractivity (Wildman–Crippen MR) is 171 cm³/mol. The molecule has 0 saturated heterocycles. The minimum absolute atomic E-state index is 0.560. The van der Waals surface area contributed by atoms with Gasteiger partial charge >= 0.3 is 0 Å². The molecular formula is C35H63N5. The second-order valence-corrected chi connectivity index (χ2v) is 13.3. The molecule has 5 heteroatoms. The number of unbranched alkanes of at least 4 members (excludes halogenated alkanes) is 11. The summed E-state index contributed by atoms with van der Waals surface area (Å²) in [5, 5.41) is 15.7. The van der Waals surface area contributed by atoms with E-state index in [9.17, 15) is 0 Å². The average molecular weight is 554 g/mol. The van der Waals surface area contributed by atoms with Gasteiger partial charge in [-0.3, -0.25) is 4.98 Å². The topological polar surface area (TPSA) is 61.0 Å². The van der Waals surface area contributed by atoms with Gasteiger partial charge in [-0.05, 0) is 56.2 Å². The summed E-state index contributed by atoms with van der Waals surface area (Å²) in [4.78, 5) is 5.16. The Morgan fingerprint density at radius 1 is 0.550 bits per heavy atom. The maximum atomic E-state index is 5.16. The van der Waals surface area contributed by atoms with E-state index >= 15 is 0 Å². The predicted octanol–water partition coefficient (Wildman–Crippen LogP) is 7.32. The van der Waals surface area contributed by atoms with Gasteiger partial charge in [-0.2, -0.15) is 0 Å². The van der Waals surface area contributed by atoms with Crippen molar-refractivity contribution in [2.45, 2.75) is 179 Å². The molecule has 3 aliphatic rings. The number of fused-ring (bicyclic) bond motifs is 4. The molecule has 1 aromatic heterocycles. The lowest BCUT2D eigenvalue weighted by atomic mass is 9.89. The molecule has 0 spiro atoms. The highest BCUT2D eigenvalue weighted by atomic mass is 15.1. The number of pyridine rings is 1. The van der Waals surface area contributed by atoms with Crippen LogP contribution in [0.2, 0.25) is 0 Å². The lowest BCUT2D eigenvalue weighted by Crippen LogP contribution is -2.53. The van der Waals surface area contributed by atoms with Gasteiger partial charge in [0.05, 0.1) is 11.4 Å². The van der Waals surface area contributed by atoms with Crippen LogP contribution in [0.4, 0.5) is 0 Å². The van der Waals surface area contributed by atoms with E-state index in [1.54, 1.807) is 0 Å². The van der Waals surface area contributed by atoms with Crippen LogP contribution in [-0.4, -0.2) is 42.2 Å². The summed E-state index contributed by atoms with van der Waals surface area (Å²) in [6, 6.07) is 7.11. The zero-order valence-electron chi connectivity index (χ0n) is 26.1. The Balaban J connectivity index is 1.27. The van der Waals surface area contributed by atoms with Crippen molar-refractivity contribution in [3.8, 4) is 0 Å². The Morgan fingerprint density at radius 2 is 0.950 bits per heavy atom. The molecule has 1 aromatic rings. The molecule has 228 valence electrons. The van der Waals surface area contributed by atoms with E-state index < -0.39 is 0 Å². The molecule has 40 heavy (non-hydrogen) atoms. The standard InChI is InChI=1S/C35H63N5/c1-2-3-4-5-6-7-8-9-10-11-12-13-18-29-25-30-27-38-34-21-16-14-19-32(34)36-23-24-37-33-20-15-17-22-35(33)39-28-31(26-29)40-30/h25-26,32-39H,2-24,27-28H2,1H3/t32?,33?,34-,35+. The number of rotatable bonds is 13. The van der Waals surface area contributed by atoms with Gasteiger partial charge in [-0.1, -0.05) is 103 Å². The smallest absolute Gasteiger partial charge is 0.0548 e. The fraction of sp³-hybridized carbons (Fsp3) is 0.857. The molecule has 0 aromatic carbocycles. The van der Waals surface area contributed by atoms with E-state index in [1.807, 2.05) is 0 Å². The molecule has 2 bridgehead atoms. The second kappa shape index (κ2) is 19.2. The van der Waals surface area contributed by atoms with Crippen LogP contribution in [0.3, 0.4) is 0 Å². The van der Waals surface area contributed by atoms with Crippen molar-refractivity contribution >= 4 is 0 Å². The molecule has 5 nitrogen and oxygen atoms in total. The molecule has 4 N–H and O–H groups in total. The summed E-state index contributed by atoms with van der Waals surface area (Å²) in [6.45, 7) is 6.24. The number of hydrogen-bond donors (Lipinski definition) is 4. The third-order valence-electron chi connectivity index (χ3n) is 9.87. The molecular weight excluding hydrogens is 490 g/mol. The van der Waals surface area contributed by atoms with Gasteiger partial charge in [-0.15, -0.1) is 0 Å². The minimum Gasteiger partial charge on any atom is -0.311 e. The van der Waals surface area contributed by atoms with Crippen LogP contribution in [-0.2, 0) is 19.5 Å². The summed E-state index contributed by atoms with van der Waals surface area (Å²) in [6.07, 6.45) is 28.7. The van der Waals surface area contributed by atoms with E-state index in [2.05, 4.69) is 40.3 Å². The highest BCUT2D eigenvalue weighted by Gasteiger charge is 2.26. The highest BCUT2D eigenvalue weighted by molar-refractivity contribution is 5.22. The van der Waals surface area contributed by atoms with Crippen molar-refractivity contribution in [2.75, 3.05) is 13.1 Å². The van der Waals surface area contributed by atoms with Crippen molar-refractivity contribution < 1.29 is 0 Å². The van der Waals surface area contributed by atoms with Crippen LogP contribution in [0.15, 0.2) is 12.1 Å². The van der Waals surface area contributed by atoms with E-state index in [0.29, 0.717) is 24.2 Å². The van der Waals surface area contributed by atoms with Crippen molar-refractivity contribution in [1.29, 1.82) is 0 Å². The SMILES string of the molecule is CCCCCCCCCCCCCCc1cc2nc(c1)CN[C@@H]1CCCCC1NCCNC1CCCC[C@@H]1NC2. The Labute approximate surface area is 247 Å². The molecule has 2 heterocycles. The third kappa shape index (κ3) is 11.7. The number of hydrogen-bond acceptors (Lipinski definition) is 5. The van der Waals surface area contributed by atoms with Crippen LogP contribution >= 0.6 is 0 Å². The van der Waals surface area contributed by atoms with Gasteiger partial charge in [-0.25, -0.2) is 0 Å². The molecule has 1 aliphatic heterocycles.